The Kier molecular flexibility index (Phi) is 11.2. The fourth-order valence-corrected chi connectivity index (χ4v) is 7.25. The lowest BCUT2D eigenvalue weighted by Crippen LogP contribution is -2.56. The highest BCUT2D eigenvalue weighted by Crippen LogP contribution is 2.50. The highest BCUT2D eigenvalue weighted by atomic mass is 79.9. The molecule has 1 fully saturated rings. The number of ether oxygens (including phenoxy) is 2. The first kappa shape index (κ1) is 36.8. The smallest absolute Gasteiger partial charge is 0.235 e. The van der Waals surface area contributed by atoms with E-state index in [-0.39, 0.29) is 13.0 Å². The number of carbonyl (C=O) groups excluding carboxylic acids is 3. The lowest BCUT2D eigenvalue weighted by molar-refractivity contribution is -0.150. The van der Waals surface area contributed by atoms with Crippen molar-refractivity contribution in [3.63, 3.8) is 0 Å². The van der Waals surface area contributed by atoms with Gasteiger partial charge >= 0.3 is 0 Å². The van der Waals surface area contributed by atoms with E-state index in [9.17, 15) is 19.5 Å². The van der Waals surface area contributed by atoms with Crippen molar-refractivity contribution in [3.05, 3.63) is 116 Å². The van der Waals surface area contributed by atoms with Crippen LogP contribution in [0.3, 0.4) is 0 Å². The van der Waals surface area contributed by atoms with Gasteiger partial charge in [0.1, 0.15) is 18.3 Å². The number of Topliss-reactive ketones (excluding diaryl/α,β-unsaturated/α-hetero) is 1. The van der Waals surface area contributed by atoms with Gasteiger partial charge in [0, 0.05) is 23.7 Å². The van der Waals surface area contributed by atoms with E-state index in [1.165, 1.54) is 6.92 Å². The second kappa shape index (κ2) is 15.2. The first-order chi connectivity index (χ1) is 23.7. The van der Waals surface area contributed by atoms with Crippen molar-refractivity contribution in [2.45, 2.75) is 73.0 Å². The van der Waals surface area contributed by atoms with E-state index in [0.29, 0.717) is 39.5 Å². The van der Waals surface area contributed by atoms with Crippen molar-refractivity contribution in [2.75, 3.05) is 17.2 Å². The van der Waals surface area contributed by atoms with Gasteiger partial charge in [-0.1, -0.05) is 54.1 Å². The van der Waals surface area contributed by atoms with E-state index in [4.69, 9.17) is 9.47 Å². The molecule has 0 spiro atoms. The van der Waals surface area contributed by atoms with Crippen molar-refractivity contribution < 1.29 is 29.0 Å². The van der Waals surface area contributed by atoms with Crippen LogP contribution >= 0.6 is 15.9 Å². The zero-order valence-corrected chi connectivity index (χ0v) is 31.2. The van der Waals surface area contributed by atoms with Crippen LogP contribution in [0, 0.1) is 46.5 Å². The van der Waals surface area contributed by atoms with Crippen molar-refractivity contribution in [3.8, 4) is 11.5 Å². The molecule has 50 heavy (non-hydrogen) atoms. The highest BCUT2D eigenvalue weighted by molar-refractivity contribution is 9.10. The first-order valence-corrected chi connectivity index (χ1v) is 17.6. The van der Waals surface area contributed by atoms with Crippen LogP contribution in [0.1, 0.15) is 65.1 Å². The molecule has 4 unspecified atom stereocenters. The molecular formula is C41H45BrN2O6. The number of hydrogen-bond donors (Lipinski definition) is 3. The Hall–Kier alpha value is -4.47. The molecule has 4 aromatic rings. The van der Waals surface area contributed by atoms with Crippen LogP contribution in [0.2, 0.25) is 0 Å². The summed E-state index contributed by atoms with van der Waals surface area (Å²) in [5.41, 5.74) is 5.53. The Balaban J connectivity index is 1.62. The quantitative estimate of drug-likeness (QED) is 0.141. The summed E-state index contributed by atoms with van der Waals surface area (Å²) in [6.45, 7) is 13.5. The normalized spacial score (nSPS) is 20.3. The van der Waals surface area contributed by atoms with Gasteiger partial charge in [-0.15, -0.1) is 0 Å². The molecule has 0 aliphatic heterocycles. The molecule has 1 aliphatic carbocycles. The van der Waals surface area contributed by atoms with E-state index < -0.39 is 41.0 Å². The number of benzene rings is 4. The van der Waals surface area contributed by atoms with E-state index in [2.05, 4.69) is 26.6 Å². The Morgan fingerprint density at radius 1 is 0.820 bits per heavy atom. The van der Waals surface area contributed by atoms with Crippen molar-refractivity contribution in [2.24, 2.45) is 11.8 Å². The average Bonchev–Trinajstić information content (AvgIpc) is 3.04. The number of aryl methyl sites for hydroxylation is 5. The van der Waals surface area contributed by atoms with Gasteiger partial charge in [0.25, 0.3) is 0 Å². The van der Waals surface area contributed by atoms with Gasteiger partial charge in [-0.2, -0.15) is 0 Å². The Bertz CT molecular complexity index is 1920. The molecule has 0 heterocycles. The minimum Gasteiger partial charge on any atom is -0.490 e. The predicted molar refractivity (Wildman–Crippen MR) is 200 cm³/mol. The highest BCUT2D eigenvalue weighted by Gasteiger charge is 2.56. The van der Waals surface area contributed by atoms with Crippen LogP contribution in [0.4, 0.5) is 11.4 Å². The van der Waals surface area contributed by atoms with Crippen LogP contribution in [-0.2, 0) is 21.0 Å². The molecule has 3 N–H and O–H groups in total. The standard InChI is InChI=1S/C41H45BrN2O6/c1-8-49-34-20-29(19-30(42)38(34)50-22-28-15-11-23(2)12-16-28)35-36(39(46)43-31-17-24(3)9-13-26(31)5)33(45)21-41(7,48)37(35)40(47)44-32-18-25(4)10-14-27(32)6/h9-20,35-37,48H,8,21-22H2,1-7H3,(H,43,46)(H,44,47). The third-order valence-corrected chi connectivity index (χ3v) is 9.94. The summed E-state index contributed by atoms with van der Waals surface area (Å²) in [5, 5.41) is 17.9. The molecule has 8 nitrogen and oxygen atoms in total. The fraction of sp³-hybridized carbons (Fsp3) is 0.341. The van der Waals surface area contributed by atoms with Gasteiger partial charge in [0.15, 0.2) is 11.5 Å². The van der Waals surface area contributed by atoms with Crippen LogP contribution < -0.4 is 20.1 Å². The van der Waals surface area contributed by atoms with Crippen LogP contribution in [-0.4, -0.2) is 34.9 Å². The number of ketones is 1. The summed E-state index contributed by atoms with van der Waals surface area (Å²) in [6, 6.07) is 22.9. The number of halogens is 1. The summed E-state index contributed by atoms with van der Waals surface area (Å²) in [6.07, 6.45) is -0.378. The molecule has 0 aromatic heterocycles. The number of rotatable bonds is 10. The van der Waals surface area contributed by atoms with Crippen molar-refractivity contribution >= 4 is 44.9 Å². The number of amides is 2. The van der Waals surface area contributed by atoms with Crippen molar-refractivity contribution in [1.82, 2.24) is 0 Å². The molecule has 9 heteroatoms. The van der Waals surface area contributed by atoms with Gasteiger partial charge in [-0.25, -0.2) is 0 Å². The molecule has 5 rings (SSSR count). The zero-order valence-electron chi connectivity index (χ0n) is 29.6. The molecule has 4 aromatic carbocycles. The molecule has 262 valence electrons. The Morgan fingerprint density at radius 2 is 1.38 bits per heavy atom. The lowest BCUT2D eigenvalue weighted by Gasteiger charge is -2.44. The van der Waals surface area contributed by atoms with Gasteiger partial charge in [-0.3, -0.25) is 14.4 Å². The Morgan fingerprint density at radius 3 is 1.96 bits per heavy atom. The number of aliphatic hydroxyl groups is 1. The monoisotopic (exact) mass is 740 g/mol. The first-order valence-electron chi connectivity index (χ1n) is 16.8. The molecule has 1 saturated carbocycles. The number of carbonyl (C=O) groups is 3. The van der Waals surface area contributed by atoms with Crippen LogP contribution in [0.15, 0.2) is 77.3 Å². The summed E-state index contributed by atoms with van der Waals surface area (Å²) < 4.78 is 12.9. The summed E-state index contributed by atoms with van der Waals surface area (Å²) in [5.74, 6) is -4.26. The van der Waals surface area contributed by atoms with Gasteiger partial charge in [0.05, 0.1) is 22.6 Å². The molecule has 0 saturated heterocycles. The zero-order chi connectivity index (χ0) is 36.3. The minimum atomic E-state index is -1.78. The molecule has 0 bridgehead atoms. The van der Waals surface area contributed by atoms with E-state index in [1.807, 2.05) is 102 Å². The van der Waals surface area contributed by atoms with E-state index in [1.54, 1.807) is 12.1 Å². The summed E-state index contributed by atoms with van der Waals surface area (Å²) in [4.78, 5) is 42.7. The molecule has 1 aliphatic rings. The molecule has 0 radical (unpaired) electrons. The topological polar surface area (TPSA) is 114 Å². The maximum atomic E-state index is 14.4. The van der Waals surface area contributed by atoms with Gasteiger partial charge in [-0.05, 0) is 122 Å². The Labute approximate surface area is 302 Å². The summed E-state index contributed by atoms with van der Waals surface area (Å²) >= 11 is 3.67. The number of nitrogens with one attached hydrogen (secondary N) is 2. The second-order valence-electron chi connectivity index (χ2n) is 13.6. The number of anilines is 2. The van der Waals surface area contributed by atoms with Gasteiger partial charge < -0.3 is 25.2 Å². The van der Waals surface area contributed by atoms with Crippen LogP contribution in [0.5, 0.6) is 11.5 Å². The third kappa shape index (κ3) is 8.11. The maximum Gasteiger partial charge on any atom is 0.235 e. The minimum absolute atomic E-state index is 0.274. The lowest BCUT2D eigenvalue weighted by atomic mass is 9.61. The molecule has 2 amide bonds. The predicted octanol–water partition coefficient (Wildman–Crippen LogP) is 8.29. The third-order valence-electron chi connectivity index (χ3n) is 9.35. The van der Waals surface area contributed by atoms with Crippen molar-refractivity contribution in [1.29, 1.82) is 0 Å². The number of hydrogen-bond acceptors (Lipinski definition) is 6. The molecule has 4 atom stereocenters. The fourth-order valence-electron chi connectivity index (χ4n) is 6.68. The SMILES string of the molecule is CCOc1cc(C2C(C(=O)Nc3cc(C)ccc3C)C(=O)CC(C)(O)C2C(=O)Nc2cc(C)ccc2C)cc(Br)c1OCc1ccc(C)cc1. The molecular weight excluding hydrogens is 696 g/mol. The van der Waals surface area contributed by atoms with Gasteiger partial charge in [0.2, 0.25) is 11.8 Å². The van der Waals surface area contributed by atoms with E-state index >= 15 is 0 Å². The summed E-state index contributed by atoms with van der Waals surface area (Å²) in [7, 11) is 0. The maximum absolute atomic E-state index is 14.4. The average molecular weight is 742 g/mol. The van der Waals surface area contributed by atoms with Crippen LogP contribution in [0.25, 0.3) is 0 Å². The largest absolute Gasteiger partial charge is 0.490 e. The van der Waals surface area contributed by atoms with E-state index in [0.717, 1.165) is 33.4 Å². The second-order valence-corrected chi connectivity index (χ2v) is 14.5.